The van der Waals surface area contributed by atoms with E-state index in [0.29, 0.717) is 0 Å². The number of nitrogens with zero attached hydrogens (tertiary/aromatic N) is 1. The van der Waals surface area contributed by atoms with Gasteiger partial charge < -0.3 is 10.2 Å². The monoisotopic (exact) mass is 306 g/mol. The van der Waals surface area contributed by atoms with Gasteiger partial charge in [0, 0.05) is 17.5 Å². The van der Waals surface area contributed by atoms with Gasteiger partial charge in [0.2, 0.25) is 0 Å². The summed E-state index contributed by atoms with van der Waals surface area (Å²) in [5, 5.41) is 6.05. The quantitative estimate of drug-likeness (QED) is 0.857. The average Bonchev–Trinajstić information content (AvgIpc) is 3.06. The maximum Gasteiger partial charge on any atom is 0.00915 e. The van der Waals surface area contributed by atoms with E-state index in [1.807, 2.05) is 11.3 Å². The maximum atomic E-state index is 3.86. The van der Waals surface area contributed by atoms with Crippen molar-refractivity contribution in [2.24, 2.45) is 5.92 Å². The molecular formula is C18H30N2S. The third-order valence-electron chi connectivity index (χ3n) is 5.26. The van der Waals surface area contributed by atoms with Gasteiger partial charge in [-0.25, -0.2) is 0 Å². The number of hydrogen-bond acceptors (Lipinski definition) is 3. The summed E-state index contributed by atoms with van der Waals surface area (Å²) in [6, 6.07) is 5.22. The van der Waals surface area contributed by atoms with E-state index in [-0.39, 0.29) is 0 Å². The van der Waals surface area contributed by atoms with Gasteiger partial charge in [0.25, 0.3) is 0 Å². The Morgan fingerprint density at radius 2 is 1.90 bits per heavy atom. The molecular weight excluding hydrogens is 276 g/mol. The van der Waals surface area contributed by atoms with Crippen LogP contribution in [-0.4, -0.2) is 37.1 Å². The van der Waals surface area contributed by atoms with Gasteiger partial charge in [0.1, 0.15) is 0 Å². The van der Waals surface area contributed by atoms with Gasteiger partial charge in [-0.2, -0.15) is 0 Å². The van der Waals surface area contributed by atoms with E-state index in [9.17, 15) is 0 Å². The van der Waals surface area contributed by atoms with Crippen LogP contribution in [0.2, 0.25) is 0 Å². The molecule has 1 saturated heterocycles. The van der Waals surface area contributed by atoms with Crippen molar-refractivity contribution in [3.8, 4) is 0 Å². The second kappa shape index (κ2) is 8.30. The molecule has 1 N–H and O–H groups in total. The topological polar surface area (TPSA) is 15.3 Å². The first-order valence-electron chi connectivity index (χ1n) is 8.88. The highest BCUT2D eigenvalue weighted by molar-refractivity contribution is 7.09. The zero-order valence-corrected chi connectivity index (χ0v) is 14.0. The van der Waals surface area contributed by atoms with Crippen LogP contribution in [-0.2, 0) is 6.42 Å². The molecule has 0 aromatic carbocycles. The van der Waals surface area contributed by atoms with Crippen molar-refractivity contribution in [2.75, 3.05) is 26.2 Å². The molecule has 1 aromatic heterocycles. The highest BCUT2D eigenvalue weighted by Gasteiger charge is 2.20. The highest BCUT2D eigenvalue weighted by atomic mass is 32.1. The summed E-state index contributed by atoms with van der Waals surface area (Å²) in [6.07, 6.45) is 11.3. The minimum Gasteiger partial charge on any atom is -0.314 e. The largest absolute Gasteiger partial charge is 0.314 e. The Bertz CT molecular complexity index is 376. The van der Waals surface area contributed by atoms with Gasteiger partial charge >= 0.3 is 0 Å². The summed E-state index contributed by atoms with van der Waals surface area (Å²) in [4.78, 5) is 4.19. The molecule has 2 aliphatic rings. The normalized spacial score (nSPS) is 22.7. The fourth-order valence-corrected chi connectivity index (χ4v) is 4.51. The maximum absolute atomic E-state index is 3.86. The van der Waals surface area contributed by atoms with Crippen molar-refractivity contribution in [3.63, 3.8) is 0 Å². The molecule has 0 radical (unpaired) electrons. The van der Waals surface area contributed by atoms with Crippen molar-refractivity contribution < 1.29 is 0 Å². The molecule has 2 heterocycles. The predicted octanol–water partition coefficient (Wildman–Crippen LogP) is 3.92. The fourth-order valence-electron chi connectivity index (χ4n) is 3.81. The van der Waals surface area contributed by atoms with E-state index < -0.39 is 0 Å². The number of rotatable bonds is 6. The molecule has 1 aliphatic heterocycles. The first-order chi connectivity index (χ1) is 10.4. The average molecular weight is 307 g/mol. The van der Waals surface area contributed by atoms with Crippen molar-refractivity contribution in [3.05, 3.63) is 22.4 Å². The number of nitrogens with one attached hydrogen (secondary N) is 1. The molecule has 1 aliphatic carbocycles. The highest BCUT2D eigenvalue weighted by Crippen LogP contribution is 2.23. The second-order valence-corrected chi connectivity index (χ2v) is 7.89. The first-order valence-corrected chi connectivity index (χ1v) is 9.76. The smallest absolute Gasteiger partial charge is 0.00915 e. The third-order valence-corrected chi connectivity index (χ3v) is 6.20. The molecule has 118 valence electrons. The summed E-state index contributed by atoms with van der Waals surface area (Å²) in [5.41, 5.74) is 0. The number of thiophene rings is 1. The van der Waals surface area contributed by atoms with E-state index in [1.54, 1.807) is 0 Å². The summed E-state index contributed by atoms with van der Waals surface area (Å²) in [7, 11) is 0. The molecule has 1 aromatic rings. The molecule has 0 amide bonds. The Labute approximate surface area is 133 Å². The standard InChI is InChI=1S/C18H30N2S/c1-2-5-16(6-3-1)15-19-17-8-11-20(12-9-17)13-10-18-7-4-14-21-18/h4,7,14,16-17,19H,1-3,5-6,8-13,15H2. The molecule has 2 nitrogen and oxygen atoms in total. The van der Waals surface area contributed by atoms with Crippen molar-refractivity contribution >= 4 is 11.3 Å². The van der Waals surface area contributed by atoms with E-state index in [4.69, 9.17) is 0 Å². The van der Waals surface area contributed by atoms with Gasteiger partial charge in [-0.05, 0) is 69.1 Å². The van der Waals surface area contributed by atoms with Crippen LogP contribution in [0.4, 0.5) is 0 Å². The molecule has 2 fully saturated rings. The lowest BCUT2D eigenvalue weighted by molar-refractivity contribution is 0.193. The molecule has 21 heavy (non-hydrogen) atoms. The Morgan fingerprint density at radius 3 is 2.62 bits per heavy atom. The third kappa shape index (κ3) is 5.08. The minimum absolute atomic E-state index is 0.782. The molecule has 3 rings (SSSR count). The Balaban J connectivity index is 1.29. The van der Waals surface area contributed by atoms with Crippen LogP contribution in [0.1, 0.15) is 49.8 Å². The van der Waals surface area contributed by atoms with Crippen LogP contribution >= 0.6 is 11.3 Å². The van der Waals surface area contributed by atoms with Gasteiger partial charge in [-0.15, -0.1) is 11.3 Å². The van der Waals surface area contributed by atoms with Crippen molar-refractivity contribution in [2.45, 2.75) is 57.4 Å². The lowest BCUT2D eigenvalue weighted by atomic mass is 9.89. The second-order valence-electron chi connectivity index (χ2n) is 6.86. The van der Waals surface area contributed by atoms with Crippen LogP contribution in [0.5, 0.6) is 0 Å². The molecule has 0 bridgehead atoms. The van der Waals surface area contributed by atoms with Crippen LogP contribution in [0, 0.1) is 5.92 Å². The van der Waals surface area contributed by atoms with Gasteiger partial charge in [0.15, 0.2) is 0 Å². The van der Waals surface area contributed by atoms with Gasteiger partial charge in [-0.3, -0.25) is 0 Å². The van der Waals surface area contributed by atoms with Crippen LogP contribution in [0.3, 0.4) is 0 Å². The summed E-state index contributed by atoms with van der Waals surface area (Å²) in [6.45, 7) is 5.09. The molecule has 0 unspecified atom stereocenters. The van der Waals surface area contributed by atoms with Gasteiger partial charge in [0.05, 0.1) is 0 Å². The number of hydrogen-bond donors (Lipinski definition) is 1. The Hall–Kier alpha value is -0.380. The summed E-state index contributed by atoms with van der Waals surface area (Å²) in [5.74, 6) is 0.968. The van der Waals surface area contributed by atoms with E-state index in [1.165, 1.54) is 82.4 Å². The summed E-state index contributed by atoms with van der Waals surface area (Å²) < 4.78 is 0. The fraction of sp³-hybridized carbons (Fsp3) is 0.778. The zero-order valence-electron chi connectivity index (χ0n) is 13.2. The van der Waals surface area contributed by atoms with Crippen molar-refractivity contribution in [1.82, 2.24) is 10.2 Å². The predicted molar refractivity (Wildman–Crippen MR) is 92.1 cm³/mol. The molecule has 0 spiro atoms. The lowest BCUT2D eigenvalue weighted by Gasteiger charge is -2.33. The zero-order chi connectivity index (χ0) is 14.3. The number of piperidine rings is 1. The molecule has 3 heteroatoms. The molecule has 1 saturated carbocycles. The van der Waals surface area contributed by atoms with Crippen molar-refractivity contribution in [1.29, 1.82) is 0 Å². The minimum atomic E-state index is 0.782. The molecule has 0 atom stereocenters. The van der Waals surface area contributed by atoms with E-state index in [0.717, 1.165) is 12.0 Å². The Kier molecular flexibility index (Phi) is 6.13. The van der Waals surface area contributed by atoms with Crippen LogP contribution < -0.4 is 5.32 Å². The van der Waals surface area contributed by atoms with Crippen LogP contribution in [0.15, 0.2) is 17.5 Å². The summed E-state index contributed by atoms with van der Waals surface area (Å²) >= 11 is 1.90. The van der Waals surface area contributed by atoms with Gasteiger partial charge in [-0.1, -0.05) is 25.3 Å². The first kappa shape index (κ1) is 15.5. The number of likely N-dealkylation sites (tertiary alicyclic amines) is 1. The lowest BCUT2D eigenvalue weighted by Crippen LogP contribution is -2.44. The van der Waals surface area contributed by atoms with E-state index >= 15 is 0 Å². The SMILES string of the molecule is c1csc(CCN2CCC(NCC3CCCCC3)CC2)c1. The Morgan fingerprint density at radius 1 is 1.10 bits per heavy atom. The van der Waals surface area contributed by atoms with E-state index in [2.05, 4.69) is 27.7 Å². The van der Waals surface area contributed by atoms with Crippen LogP contribution in [0.25, 0.3) is 0 Å².